The maximum absolute atomic E-state index is 12.6. The largest absolute Gasteiger partial charge is 0.390 e. The van der Waals surface area contributed by atoms with Gasteiger partial charge in [0, 0.05) is 14.2 Å². The molecule has 86 valence electrons. The van der Waals surface area contributed by atoms with Crippen molar-refractivity contribution in [2.75, 3.05) is 27.4 Å². The molecule has 4 nitrogen and oxygen atoms in total. The second-order valence-corrected chi connectivity index (χ2v) is 3.02. The van der Waals surface area contributed by atoms with Crippen molar-refractivity contribution in [3.63, 3.8) is 0 Å². The van der Waals surface area contributed by atoms with Crippen LogP contribution in [0, 0.1) is 0 Å². The van der Waals surface area contributed by atoms with Gasteiger partial charge in [-0.1, -0.05) is 0 Å². The van der Waals surface area contributed by atoms with E-state index in [0.717, 1.165) is 0 Å². The molecule has 0 bridgehead atoms. The van der Waals surface area contributed by atoms with E-state index in [1.807, 2.05) is 0 Å². The number of rotatable bonds is 7. The van der Waals surface area contributed by atoms with Crippen LogP contribution in [0.5, 0.6) is 0 Å². The molecule has 0 saturated carbocycles. The summed E-state index contributed by atoms with van der Waals surface area (Å²) >= 11 is 0. The van der Waals surface area contributed by atoms with Gasteiger partial charge in [0.15, 0.2) is 6.29 Å². The van der Waals surface area contributed by atoms with E-state index in [1.165, 1.54) is 14.2 Å². The minimum Gasteiger partial charge on any atom is -0.390 e. The van der Waals surface area contributed by atoms with Crippen molar-refractivity contribution in [3.05, 3.63) is 0 Å². The molecule has 0 aliphatic heterocycles. The summed E-state index contributed by atoms with van der Waals surface area (Å²) in [7, 11) is 2.85. The third kappa shape index (κ3) is 4.80. The average molecular weight is 213 g/mol. The molecule has 0 fully saturated rings. The lowest BCUT2D eigenvalue weighted by Crippen LogP contribution is -2.46. The number of halogens is 2. The summed E-state index contributed by atoms with van der Waals surface area (Å²) in [6.07, 6.45) is -0.579. The van der Waals surface area contributed by atoms with Gasteiger partial charge >= 0.3 is 0 Å². The Kier molecular flexibility index (Phi) is 6.10. The summed E-state index contributed by atoms with van der Waals surface area (Å²) in [6, 6.07) is -0.373. The van der Waals surface area contributed by atoms with Gasteiger partial charge in [-0.15, -0.1) is 0 Å². The Balaban J connectivity index is 3.88. The molecule has 0 heterocycles. The van der Waals surface area contributed by atoms with Crippen molar-refractivity contribution < 1.29 is 23.4 Å². The number of ether oxygens (including phenoxy) is 2. The van der Waals surface area contributed by atoms with Gasteiger partial charge in [-0.2, -0.15) is 0 Å². The Morgan fingerprint density at radius 1 is 1.36 bits per heavy atom. The highest BCUT2D eigenvalue weighted by atomic mass is 19.3. The van der Waals surface area contributed by atoms with Gasteiger partial charge in [0.05, 0.1) is 12.6 Å². The molecule has 0 aromatic carbocycles. The highest BCUT2D eigenvalue weighted by molar-refractivity contribution is 4.72. The van der Waals surface area contributed by atoms with Gasteiger partial charge in [0.2, 0.25) is 0 Å². The van der Waals surface area contributed by atoms with Crippen LogP contribution in [0.3, 0.4) is 0 Å². The van der Waals surface area contributed by atoms with Gasteiger partial charge in [-0.3, -0.25) is 0 Å². The van der Waals surface area contributed by atoms with Gasteiger partial charge in [-0.25, -0.2) is 8.78 Å². The van der Waals surface area contributed by atoms with Crippen LogP contribution < -0.4 is 5.32 Å². The maximum Gasteiger partial charge on any atom is 0.282 e. The average Bonchev–Trinajstić information content (AvgIpc) is 2.17. The molecule has 0 aliphatic rings. The van der Waals surface area contributed by atoms with Crippen LogP contribution in [0.2, 0.25) is 0 Å². The molecule has 0 aliphatic carbocycles. The van der Waals surface area contributed by atoms with E-state index in [0.29, 0.717) is 0 Å². The number of nitrogens with one attached hydrogen (secondary N) is 1. The monoisotopic (exact) mass is 213 g/mol. The topological polar surface area (TPSA) is 50.7 Å². The normalized spacial score (nSPS) is 14.8. The lowest BCUT2D eigenvalue weighted by molar-refractivity contribution is -0.125. The standard InChI is InChI=1S/C8H17F2NO3/c1-6(7(13-2)14-3)11-4-8(9,10)5-12/h6-7,11-12H,4-5H2,1-3H3. The molecule has 0 saturated heterocycles. The Labute approximate surface area is 82.2 Å². The zero-order chi connectivity index (χ0) is 11.2. The number of alkyl halides is 2. The van der Waals surface area contributed by atoms with Crippen molar-refractivity contribution >= 4 is 0 Å². The summed E-state index contributed by atoms with van der Waals surface area (Å²) in [5.74, 6) is -3.11. The molecule has 0 radical (unpaired) electrons. The molecule has 1 unspecified atom stereocenters. The second-order valence-electron chi connectivity index (χ2n) is 3.02. The molecule has 6 heteroatoms. The number of aliphatic hydroxyl groups excluding tert-OH is 1. The molecule has 0 aromatic rings. The van der Waals surface area contributed by atoms with E-state index < -0.39 is 25.4 Å². The van der Waals surface area contributed by atoms with Crippen LogP contribution >= 0.6 is 0 Å². The van der Waals surface area contributed by atoms with Crippen molar-refractivity contribution in [1.29, 1.82) is 0 Å². The van der Waals surface area contributed by atoms with Crippen LogP contribution in [0.1, 0.15) is 6.92 Å². The van der Waals surface area contributed by atoms with Crippen molar-refractivity contribution in [1.82, 2.24) is 5.32 Å². The first-order valence-corrected chi connectivity index (χ1v) is 4.24. The zero-order valence-electron chi connectivity index (χ0n) is 8.59. The Morgan fingerprint density at radius 3 is 2.21 bits per heavy atom. The van der Waals surface area contributed by atoms with E-state index in [9.17, 15) is 8.78 Å². The molecular formula is C8H17F2NO3. The van der Waals surface area contributed by atoms with Crippen LogP contribution in [0.4, 0.5) is 8.78 Å². The fraction of sp³-hybridized carbons (Fsp3) is 1.00. The predicted octanol–water partition coefficient (Wildman–Crippen LogP) is 0.211. The van der Waals surface area contributed by atoms with E-state index in [4.69, 9.17) is 14.6 Å². The number of aliphatic hydroxyl groups is 1. The molecular weight excluding hydrogens is 196 g/mol. The SMILES string of the molecule is COC(OC)C(C)NCC(F)(F)CO. The molecule has 0 amide bonds. The first-order valence-electron chi connectivity index (χ1n) is 4.24. The summed E-state index contributed by atoms with van der Waals surface area (Å²) < 4.78 is 34.9. The maximum atomic E-state index is 12.6. The van der Waals surface area contributed by atoms with Gasteiger partial charge in [0.25, 0.3) is 5.92 Å². The van der Waals surface area contributed by atoms with E-state index in [2.05, 4.69) is 5.32 Å². The van der Waals surface area contributed by atoms with Crippen LogP contribution in [0.15, 0.2) is 0 Å². The highest BCUT2D eigenvalue weighted by Crippen LogP contribution is 2.11. The van der Waals surface area contributed by atoms with Crippen LogP contribution in [-0.4, -0.2) is 50.7 Å². The minimum absolute atomic E-state index is 0.373. The molecule has 1 atom stereocenters. The molecule has 2 N–H and O–H groups in total. The second kappa shape index (κ2) is 6.23. The minimum atomic E-state index is -3.11. The third-order valence-electron chi connectivity index (χ3n) is 1.79. The quantitative estimate of drug-likeness (QED) is 0.594. The fourth-order valence-corrected chi connectivity index (χ4v) is 0.967. The lowest BCUT2D eigenvalue weighted by Gasteiger charge is -2.24. The molecule has 0 aromatic heterocycles. The van der Waals surface area contributed by atoms with E-state index >= 15 is 0 Å². The van der Waals surface area contributed by atoms with Gasteiger partial charge in [-0.05, 0) is 6.92 Å². The van der Waals surface area contributed by atoms with Crippen molar-refractivity contribution in [2.45, 2.75) is 25.2 Å². The number of hydrogen-bond donors (Lipinski definition) is 2. The first-order chi connectivity index (χ1) is 6.46. The highest BCUT2D eigenvalue weighted by Gasteiger charge is 2.29. The van der Waals surface area contributed by atoms with E-state index in [1.54, 1.807) is 6.92 Å². The van der Waals surface area contributed by atoms with Crippen LogP contribution in [-0.2, 0) is 9.47 Å². The predicted molar refractivity (Wildman–Crippen MR) is 47.3 cm³/mol. The zero-order valence-corrected chi connectivity index (χ0v) is 8.59. The Morgan fingerprint density at radius 2 is 1.86 bits per heavy atom. The Hall–Kier alpha value is -0.300. The van der Waals surface area contributed by atoms with E-state index in [-0.39, 0.29) is 6.04 Å². The summed E-state index contributed by atoms with van der Waals surface area (Å²) in [6.45, 7) is -0.115. The summed E-state index contributed by atoms with van der Waals surface area (Å²) in [4.78, 5) is 0. The van der Waals surface area contributed by atoms with Gasteiger partial charge in [0.1, 0.15) is 6.61 Å². The molecule has 14 heavy (non-hydrogen) atoms. The summed E-state index contributed by atoms with van der Waals surface area (Å²) in [5.41, 5.74) is 0. The number of hydrogen-bond acceptors (Lipinski definition) is 4. The smallest absolute Gasteiger partial charge is 0.282 e. The fourth-order valence-electron chi connectivity index (χ4n) is 0.967. The van der Waals surface area contributed by atoms with Crippen LogP contribution in [0.25, 0.3) is 0 Å². The number of methoxy groups -OCH3 is 2. The lowest BCUT2D eigenvalue weighted by atomic mass is 10.3. The van der Waals surface area contributed by atoms with Crippen molar-refractivity contribution in [3.8, 4) is 0 Å². The first kappa shape index (κ1) is 13.7. The van der Waals surface area contributed by atoms with Gasteiger partial charge < -0.3 is 19.9 Å². The summed E-state index contributed by atoms with van der Waals surface area (Å²) in [5, 5.41) is 10.8. The molecule has 0 rings (SSSR count). The molecule has 0 spiro atoms. The Bertz CT molecular complexity index is 154. The third-order valence-corrected chi connectivity index (χ3v) is 1.79. The van der Waals surface area contributed by atoms with Crippen molar-refractivity contribution in [2.24, 2.45) is 0 Å².